The van der Waals surface area contributed by atoms with Gasteiger partial charge in [-0.15, -0.1) is 0 Å². The number of rotatable bonds is 5. The molecule has 2 aliphatic heterocycles. The van der Waals surface area contributed by atoms with Gasteiger partial charge in [0.1, 0.15) is 0 Å². The number of carbonyl (C=O) groups excluding carboxylic acids is 2. The SMILES string of the molecule is CO[C@H]1CCN(C(=O)CN2CCCC2=O)C[C@H]1Cc1ccccc1. The highest BCUT2D eigenvalue weighted by atomic mass is 16.5. The number of nitrogens with zero attached hydrogens (tertiary/aromatic N) is 2. The molecule has 0 N–H and O–H groups in total. The maximum Gasteiger partial charge on any atom is 0.242 e. The van der Waals surface area contributed by atoms with E-state index in [9.17, 15) is 9.59 Å². The highest BCUT2D eigenvalue weighted by molar-refractivity contribution is 5.85. The topological polar surface area (TPSA) is 49.9 Å². The van der Waals surface area contributed by atoms with Crippen LogP contribution in [0.5, 0.6) is 0 Å². The normalized spacial score (nSPS) is 24.5. The van der Waals surface area contributed by atoms with Gasteiger partial charge in [-0.25, -0.2) is 0 Å². The number of amides is 2. The van der Waals surface area contributed by atoms with Gasteiger partial charge in [0.05, 0.1) is 12.6 Å². The number of benzene rings is 1. The highest BCUT2D eigenvalue weighted by Crippen LogP contribution is 2.24. The summed E-state index contributed by atoms with van der Waals surface area (Å²) < 4.78 is 5.65. The fraction of sp³-hybridized carbons (Fsp3) is 0.579. The maximum atomic E-state index is 12.6. The van der Waals surface area contributed by atoms with Crippen LogP contribution < -0.4 is 0 Å². The second-order valence-electron chi connectivity index (χ2n) is 6.77. The molecule has 0 aromatic heterocycles. The fourth-order valence-electron chi connectivity index (χ4n) is 3.79. The van der Waals surface area contributed by atoms with Crippen LogP contribution in [0.2, 0.25) is 0 Å². The largest absolute Gasteiger partial charge is 0.381 e. The molecule has 24 heavy (non-hydrogen) atoms. The Kier molecular flexibility index (Phi) is 5.51. The molecule has 0 unspecified atom stereocenters. The molecule has 0 spiro atoms. The zero-order valence-electron chi connectivity index (χ0n) is 14.3. The summed E-state index contributed by atoms with van der Waals surface area (Å²) >= 11 is 0. The minimum absolute atomic E-state index is 0.0675. The molecule has 0 radical (unpaired) electrons. The summed E-state index contributed by atoms with van der Waals surface area (Å²) in [4.78, 5) is 27.9. The van der Waals surface area contributed by atoms with Crippen molar-refractivity contribution in [2.24, 2.45) is 5.92 Å². The molecule has 0 aliphatic carbocycles. The Morgan fingerprint density at radius 2 is 2.04 bits per heavy atom. The number of ether oxygens (including phenoxy) is 1. The number of piperidine rings is 1. The van der Waals surface area contributed by atoms with Gasteiger partial charge in [0.2, 0.25) is 11.8 Å². The molecular formula is C19H26N2O3. The van der Waals surface area contributed by atoms with Gasteiger partial charge in [-0.2, -0.15) is 0 Å². The van der Waals surface area contributed by atoms with Crippen LogP contribution in [0.1, 0.15) is 24.8 Å². The molecule has 5 heteroatoms. The minimum Gasteiger partial charge on any atom is -0.381 e. The molecule has 2 saturated heterocycles. The molecule has 0 bridgehead atoms. The lowest BCUT2D eigenvalue weighted by molar-refractivity contribution is -0.141. The van der Waals surface area contributed by atoms with Gasteiger partial charge >= 0.3 is 0 Å². The molecule has 3 rings (SSSR count). The van der Waals surface area contributed by atoms with Crippen molar-refractivity contribution in [3.63, 3.8) is 0 Å². The number of methoxy groups -OCH3 is 1. The van der Waals surface area contributed by atoms with E-state index < -0.39 is 0 Å². The van der Waals surface area contributed by atoms with Crippen LogP contribution in [0, 0.1) is 5.92 Å². The average Bonchev–Trinajstić information content (AvgIpc) is 3.00. The maximum absolute atomic E-state index is 12.6. The Bertz CT molecular complexity index is 575. The zero-order chi connectivity index (χ0) is 16.9. The predicted octanol–water partition coefficient (Wildman–Crippen LogP) is 1.71. The van der Waals surface area contributed by atoms with Crippen molar-refractivity contribution in [1.82, 2.24) is 9.80 Å². The van der Waals surface area contributed by atoms with Crippen molar-refractivity contribution in [2.75, 3.05) is 33.3 Å². The lowest BCUT2D eigenvalue weighted by Crippen LogP contribution is -2.50. The first-order valence-corrected chi connectivity index (χ1v) is 8.79. The lowest BCUT2D eigenvalue weighted by Gasteiger charge is -2.38. The minimum atomic E-state index is 0.0675. The third-order valence-corrected chi connectivity index (χ3v) is 5.16. The van der Waals surface area contributed by atoms with Gasteiger partial charge < -0.3 is 14.5 Å². The van der Waals surface area contributed by atoms with E-state index in [0.29, 0.717) is 32.0 Å². The summed E-state index contributed by atoms with van der Waals surface area (Å²) in [5.41, 5.74) is 1.27. The van der Waals surface area contributed by atoms with Gasteiger partial charge in [-0.05, 0) is 24.8 Å². The Labute approximate surface area is 143 Å². The number of likely N-dealkylation sites (tertiary alicyclic amines) is 2. The Hall–Kier alpha value is -1.88. The van der Waals surface area contributed by atoms with E-state index in [1.54, 1.807) is 12.0 Å². The summed E-state index contributed by atoms with van der Waals surface area (Å²) in [6, 6.07) is 10.3. The quantitative estimate of drug-likeness (QED) is 0.826. The van der Waals surface area contributed by atoms with Crippen molar-refractivity contribution < 1.29 is 14.3 Å². The van der Waals surface area contributed by atoms with Crippen molar-refractivity contribution in [3.05, 3.63) is 35.9 Å². The van der Waals surface area contributed by atoms with E-state index in [4.69, 9.17) is 4.74 Å². The van der Waals surface area contributed by atoms with Gasteiger partial charge in [-0.3, -0.25) is 9.59 Å². The average molecular weight is 330 g/mol. The van der Waals surface area contributed by atoms with Crippen LogP contribution in [0.3, 0.4) is 0 Å². The fourth-order valence-corrected chi connectivity index (χ4v) is 3.79. The summed E-state index contributed by atoms with van der Waals surface area (Å²) in [6.07, 6.45) is 3.39. The van der Waals surface area contributed by atoms with E-state index in [0.717, 1.165) is 19.3 Å². The molecule has 1 aromatic carbocycles. The van der Waals surface area contributed by atoms with Gasteiger partial charge in [-0.1, -0.05) is 30.3 Å². The number of hydrogen-bond acceptors (Lipinski definition) is 3. The van der Waals surface area contributed by atoms with Crippen LogP contribution >= 0.6 is 0 Å². The van der Waals surface area contributed by atoms with Crippen molar-refractivity contribution in [3.8, 4) is 0 Å². The van der Waals surface area contributed by atoms with Crippen LogP contribution in [0.15, 0.2) is 30.3 Å². The summed E-state index contributed by atoms with van der Waals surface area (Å²) in [5, 5.41) is 0. The highest BCUT2D eigenvalue weighted by Gasteiger charge is 2.33. The van der Waals surface area contributed by atoms with Crippen molar-refractivity contribution in [1.29, 1.82) is 0 Å². The molecule has 130 valence electrons. The van der Waals surface area contributed by atoms with Crippen LogP contribution in [0.4, 0.5) is 0 Å². The monoisotopic (exact) mass is 330 g/mol. The van der Waals surface area contributed by atoms with E-state index >= 15 is 0 Å². The first-order valence-electron chi connectivity index (χ1n) is 8.79. The van der Waals surface area contributed by atoms with Gasteiger partial charge in [0.25, 0.3) is 0 Å². The molecule has 2 fully saturated rings. The molecule has 2 aliphatic rings. The second kappa shape index (κ2) is 7.79. The first kappa shape index (κ1) is 17.0. The van der Waals surface area contributed by atoms with Crippen molar-refractivity contribution in [2.45, 2.75) is 31.8 Å². The van der Waals surface area contributed by atoms with E-state index in [-0.39, 0.29) is 24.5 Å². The predicted molar refractivity (Wildman–Crippen MR) is 91.4 cm³/mol. The molecule has 5 nitrogen and oxygen atoms in total. The van der Waals surface area contributed by atoms with Crippen LogP contribution in [-0.2, 0) is 20.7 Å². The smallest absolute Gasteiger partial charge is 0.242 e. The van der Waals surface area contributed by atoms with Crippen molar-refractivity contribution >= 4 is 11.8 Å². The first-order chi connectivity index (χ1) is 11.7. The second-order valence-corrected chi connectivity index (χ2v) is 6.77. The molecular weight excluding hydrogens is 304 g/mol. The third-order valence-electron chi connectivity index (χ3n) is 5.16. The number of carbonyl (C=O) groups is 2. The summed E-state index contributed by atoms with van der Waals surface area (Å²) in [6.45, 7) is 2.36. The van der Waals surface area contributed by atoms with E-state index in [1.807, 2.05) is 23.1 Å². The number of hydrogen-bond donors (Lipinski definition) is 0. The molecule has 0 saturated carbocycles. The molecule has 2 amide bonds. The van der Waals surface area contributed by atoms with E-state index in [1.165, 1.54) is 5.56 Å². The molecule has 2 atom stereocenters. The van der Waals surface area contributed by atoms with Crippen LogP contribution in [0.25, 0.3) is 0 Å². The zero-order valence-corrected chi connectivity index (χ0v) is 14.3. The van der Waals surface area contributed by atoms with E-state index in [2.05, 4.69) is 12.1 Å². The standard InChI is InChI=1S/C19H26N2O3/c1-24-17-9-11-21(19(23)14-20-10-5-8-18(20)22)13-16(17)12-15-6-3-2-4-7-15/h2-4,6-7,16-17H,5,8-14H2,1H3/t16-,17+/m1/s1. The third kappa shape index (κ3) is 3.96. The summed E-state index contributed by atoms with van der Waals surface area (Å²) in [7, 11) is 1.75. The van der Waals surface area contributed by atoms with Crippen LogP contribution in [-0.4, -0.2) is 61.0 Å². The lowest BCUT2D eigenvalue weighted by atomic mass is 9.88. The Balaban J connectivity index is 1.61. The Morgan fingerprint density at radius 1 is 1.25 bits per heavy atom. The molecule has 2 heterocycles. The molecule has 1 aromatic rings. The summed E-state index contributed by atoms with van der Waals surface area (Å²) in [5.74, 6) is 0.471. The Morgan fingerprint density at radius 3 is 2.71 bits per heavy atom. The van der Waals surface area contributed by atoms with Gasteiger partial charge in [0, 0.05) is 39.1 Å². The van der Waals surface area contributed by atoms with Gasteiger partial charge in [0.15, 0.2) is 0 Å².